The molecule has 194 valence electrons. The molecule has 0 saturated heterocycles. The SMILES string of the molecule is COc1ccc(Nc2nc(N/N=C/c3cc(Br)cc(Br)c3OC)nc(Nc3ccc([N+](=O)[O-])cc3)n2)cc1. The number of nitrogens with one attached hydrogen (secondary N) is 3. The van der Waals surface area contributed by atoms with Gasteiger partial charge >= 0.3 is 0 Å². The summed E-state index contributed by atoms with van der Waals surface area (Å²) in [5.41, 5.74) is 4.76. The summed E-state index contributed by atoms with van der Waals surface area (Å²) in [5.74, 6) is 1.87. The molecule has 14 heteroatoms. The predicted molar refractivity (Wildman–Crippen MR) is 152 cm³/mol. The van der Waals surface area contributed by atoms with E-state index in [-0.39, 0.29) is 23.5 Å². The molecule has 0 unspecified atom stereocenters. The fourth-order valence-corrected chi connectivity index (χ4v) is 4.61. The molecule has 0 aliphatic carbocycles. The number of halogens is 2. The number of anilines is 5. The van der Waals surface area contributed by atoms with Crippen molar-refractivity contribution in [3.05, 3.63) is 85.3 Å². The summed E-state index contributed by atoms with van der Waals surface area (Å²) >= 11 is 6.92. The van der Waals surface area contributed by atoms with E-state index in [1.165, 1.54) is 12.1 Å². The number of ether oxygens (including phenoxy) is 2. The summed E-state index contributed by atoms with van der Waals surface area (Å²) in [6.07, 6.45) is 1.57. The zero-order chi connectivity index (χ0) is 27.1. The highest BCUT2D eigenvalue weighted by Crippen LogP contribution is 2.31. The summed E-state index contributed by atoms with van der Waals surface area (Å²) in [4.78, 5) is 23.6. The fourth-order valence-electron chi connectivity index (χ4n) is 3.19. The molecule has 0 aliphatic rings. The van der Waals surface area contributed by atoms with Gasteiger partial charge in [0, 0.05) is 33.5 Å². The van der Waals surface area contributed by atoms with Crippen LogP contribution in [0.15, 0.2) is 74.7 Å². The van der Waals surface area contributed by atoms with Crippen LogP contribution in [0.2, 0.25) is 0 Å². The van der Waals surface area contributed by atoms with Crippen molar-refractivity contribution in [1.82, 2.24) is 15.0 Å². The minimum absolute atomic E-state index is 0.0284. The topological polar surface area (TPSA) is 149 Å². The summed E-state index contributed by atoms with van der Waals surface area (Å²) in [5, 5.41) is 21.4. The first-order valence-corrected chi connectivity index (χ1v) is 12.4. The van der Waals surface area contributed by atoms with Crippen LogP contribution in [0.4, 0.5) is 34.9 Å². The molecule has 4 aromatic rings. The average molecular weight is 644 g/mol. The van der Waals surface area contributed by atoms with Gasteiger partial charge in [-0.05, 0) is 64.5 Å². The maximum Gasteiger partial charge on any atom is 0.269 e. The van der Waals surface area contributed by atoms with Gasteiger partial charge in [0.1, 0.15) is 11.5 Å². The van der Waals surface area contributed by atoms with Crippen LogP contribution >= 0.6 is 31.9 Å². The highest BCUT2D eigenvalue weighted by molar-refractivity contribution is 9.11. The van der Waals surface area contributed by atoms with Gasteiger partial charge in [-0.1, -0.05) is 15.9 Å². The summed E-state index contributed by atoms with van der Waals surface area (Å²) in [7, 11) is 3.16. The zero-order valence-corrected chi connectivity index (χ0v) is 23.1. The predicted octanol–water partition coefficient (Wildman–Crippen LogP) is 6.26. The van der Waals surface area contributed by atoms with Crippen molar-refractivity contribution in [2.75, 3.05) is 30.3 Å². The Morgan fingerprint density at radius 1 is 0.868 bits per heavy atom. The Morgan fingerprint density at radius 2 is 1.45 bits per heavy atom. The van der Waals surface area contributed by atoms with Gasteiger partial charge in [-0.25, -0.2) is 5.43 Å². The molecule has 0 saturated carbocycles. The van der Waals surface area contributed by atoms with Crippen LogP contribution in [0.5, 0.6) is 11.5 Å². The van der Waals surface area contributed by atoms with Crippen molar-refractivity contribution < 1.29 is 14.4 Å². The second-order valence-corrected chi connectivity index (χ2v) is 9.24. The van der Waals surface area contributed by atoms with Crippen LogP contribution in [0.1, 0.15) is 5.56 Å². The highest BCUT2D eigenvalue weighted by atomic mass is 79.9. The Labute approximate surface area is 233 Å². The normalized spacial score (nSPS) is 10.7. The van der Waals surface area contributed by atoms with Gasteiger partial charge in [-0.3, -0.25) is 10.1 Å². The molecule has 1 heterocycles. The fraction of sp³-hybridized carbons (Fsp3) is 0.0833. The molecule has 1 aromatic heterocycles. The number of hydrogen-bond acceptors (Lipinski definition) is 11. The third kappa shape index (κ3) is 6.92. The molecule has 4 rings (SSSR count). The minimum Gasteiger partial charge on any atom is -0.497 e. The Morgan fingerprint density at radius 3 is 2.00 bits per heavy atom. The number of hydrogen-bond donors (Lipinski definition) is 3. The number of non-ortho nitro benzene ring substituents is 1. The number of rotatable bonds is 10. The Kier molecular flexibility index (Phi) is 8.66. The maximum absolute atomic E-state index is 11.0. The van der Waals surface area contributed by atoms with Crippen LogP contribution in [0.3, 0.4) is 0 Å². The second kappa shape index (κ2) is 12.3. The number of aromatic nitrogens is 3. The molecule has 0 amide bonds. The zero-order valence-electron chi connectivity index (χ0n) is 20.0. The monoisotopic (exact) mass is 642 g/mol. The molecule has 3 aromatic carbocycles. The minimum atomic E-state index is -0.470. The number of nitro groups is 1. The summed E-state index contributed by atoms with van der Waals surface area (Å²) in [6.45, 7) is 0. The summed E-state index contributed by atoms with van der Waals surface area (Å²) < 4.78 is 12.2. The average Bonchev–Trinajstić information content (AvgIpc) is 2.89. The Hall–Kier alpha value is -4.30. The standard InChI is InChI=1S/C24H20Br2N8O4/c1-37-19-9-5-17(6-10-19)29-23-30-22(28-16-3-7-18(8-4-16)34(35)36)31-24(32-23)33-27-13-14-11-15(25)12-20(26)21(14)38-2/h3-13H,1-2H3,(H3,28,29,30,31,32,33)/b27-13+. The van der Waals surface area contributed by atoms with E-state index in [4.69, 9.17) is 9.47 Å². The van der Waals surface area contributed by atoms with E-state index in [2.05, 4.69) is 68.0 Å². The van der Waals surface area contributed by atoms with Crippen LogP contribution in [0, 0.1) is 10.1 Å². The summed E-state index contributed by atoms with van der Waals surface area (Å²) in [6, 6.07) is 16.8. The number of nitrogens with zero attached hydrogens (tertiary/aromatic N) is 5. The van der Waals surface area contributed by atoms with Gasteiger partial charge in [-0.2, -0.15) is 20.1 Å². The first kappa shape index (κ1) is 26.8. The quantitative estimate of drug-likeness (QED) is 0.103. The van der Waals surface area contributed by atoms with Crippen LogP contribution in [-0.2, 0) is 0 Å². The number of benzene rings is 3. The molecule has 38 heavy (non-hydrogen) atoms. The van der Waals surface area contributed by atoms with Crippen molar-refractivity contribution in [2.24, 2.45) is 5.10 Å². The molecule has 0 bridgehead atoms. The number of hydrazone groups is 1. The van der Waals surface area contributed by atoms with E-state index >= 15 is 0 Å². The molecule has 0 aliphatic heterocycles. The van der Waals surface area contributed by atoms with E-state index in [1.54, 1.807) is 44.7 Å². The smallest absolute Gasteiger partial charge is 0.269 e. The second-order valence-electron chi connectivity index (χ2n) is 7.47. The van der Waals surface area contributed by atoms with Gasteiger partial charge in [0.05, 0.1) is 29.8 Å². The molecule has 0 atom stereocenters. The Bertz CT molecular complexity index is 1470. The van der Waals surface area contributed by atoms with E-state index in [0.29, 0.717) is 22.7 Å². The van der Waals surface area contributed by atoms with E-state index < -0.39 is 4.92 Å². The van der Waals surface area contributed by atoms with Crippen LogP contribution in [0.25, 0.3) is 0 Å². The number of methoxy groups -OCH3 is 2. The van der Waals surface area contributed by atoms with Crippen molar-refractivity contribution >= 4 is 73.0 Å². The third-order valence-corrected chi connectivity index (χ3v) is 5.97. The molecule has 0 fully saturated rings. The van der Waals surface area contributed by atoms with Crippen LogP contribution < -0.4 is 25.5 Å². The van der Waals surface area contributed by atoms with Crippen molar-refractivity contribution in [3.8, 4) is 11.5 Å². The van der Waals surface area contributed by atoms with E-state index in [0.717, 1.165) is 14.6 Å². The van der Waals surface area contributed by atoms with Gasteiger partial charge < -0.3 is 20.1 Å². The maximum atomic E-state index is 11.0. The lowest BCUT2D eigenvalue weighted by Gasteiger charge is -2.11. The lowest BCUT2D eigenvalue weighted by Crippen LogP contribution is -2.07. The molecule has 3 N–H and O–H groups in total. The van der Waals surface area contributed by atoms with Gasteiger partial charge in [0.25, 0.3) is 5.69 Å². The van der Waals surface area contributed by atoms with E-state index in [9.17, 15) is 10.1 Å². The molecule has 12 nitrogen and oxygen atoms in total. The molecular weight excluding hydrogens is 624 g/mol. The van der Waals surface area contributed by atoms with Gasteiger partial charge in [0.15, 0.2) is 0 Å². The number of nitro benzene ring substituents is 1. The lowest BCUT2D eigenvalue weighted by molar-refractivity contribution is -0.384. The van der Waals surface area contributed by atoms with Crippen molar-refractivity contribution in [2.45, 2.75) is 0 Å². The van der Waals surface area contributed by atoms with Gasteiger partial charge in [0.2, 0.25) is 17.8 Å². The largest absolute Gasteiger partial charge is 0.497 e. The molecular formula is C24H20Br2N8O4. The van der Waals surface area contributed by atoms with E-state index in [1.807, 2.05) is 24.3 Å². The van der Waals surface area contributed by atoms with Gasteiger partial charge in [-0.15, -0.1) is 0 Å². The molecule has 0 radical (unpaired) electrons. The third-order valence-electron chi connectivity index (χ3n) is 4.93. The van der Waals surface area contributed by atoms with Crippen molar-refractivity contribution in [1.29, 1.82) is 0 Å². The molecule has 0 spiro atoms. The first-order chi connectivity index (χ1) is 18.3. The first-order valence-electron chi connectivity index (χ1n) is 10.9. The van der Waals surface area contributed by atoms with Crippen LogP contribution in [-0.4, -0.2) is 40.3 Å². The Balaban J connectivity index is 1.61. The lowest BCUT2D eigenvalue weighted by atomic mass is 10.2. The van der Waals surface area contributed by atoms with Crippen molar-refractivity contribution in [3.63, 3.8) is 0 Å². The highest BCUT2D eigenvalue weighted by Gasteiger charge is 2.11.